The van der Waals surface area contributed by atoms with Gasteiger partial charge < -0.3 is 11.1 Å². The average molecular weight is 433 g/mol. The molecule has 2 aromatic heterocycles. The van der Waals surface area contributed by atoms with E-state index in [0.717, 1.165) is 46.8 Å². The zero-order chi connectivity index (χ0) is 21.5. The van der Waals surface area contributed by atoms with Crippen LogP contribution in [-0.2, 0) is 11.2 Å². The van der Waals surface area contributed by atoms with Gasteiger partial charge in [0.15, 0.2) is 5.13 Å². The topological polar surface area (TPSA) is 96.2 Å². The molecule has 3 heterocycles. The number of para-hydroxylation sites is 1. The highest BCUT2D eigenvalue weighted by Crippen LogP contribution is 2.47. The molecule has 31 heavy (non-hydrogen) atoms. The third kappa shape index (κ3) is 3.58. The van der Waals surface area contributed by atoms with Gasteiger partial charge in [-0.3, -0.25) is 9.80 Å². The van der Waals surface area contributed by atoms with E-state index in [2.05, 4.69) is 45.9 Å². The lowest BCUT2D eigenvalue weighted by molar-refractivity contribution is -0.114. The number of nitrogen functional groups attached to an aromatic ring is 1. The van der Waals surface area contributed by atoms with E-state index in [9.17, 15) is 4.79 Å². The molecule has 158 valence electrons. The zero-order valence-corrected chi connectivity index (χ0v) is 18.3. The lowest BCUT2D eigenvalue weighted by atomic mass is 9.97. The molecule has 7 nitrogen and oxygen atoms in total. The molecule has 0 fully saturated rings. The summed E-state index contributed by atoms with van der Waals surface area (Å²) in [4.78, 5) is 21.8. The van der Waals surface area contributed by atoms with Crippen LogP contribution in [0.2, 0.25) is 0 Å². The highest BCUT2D eigenvalue weighted by atomic mass is 32.1. The average Bonchev–Trinajstić information content (AvgIpc) is 3.25. The lowest BCUT2D eigenvalue weighted by Gasteiger charge is -2.25. The largest absolute Gasteiger partial charge is 0.384 e. The van der Waals surface area contributed by atoms with Crippen LogP contribution in [0.15, 0.2) is 48.2 Å². The molecule has 2 aliphatic rings. The van der Waals surface area contributed by atoms with Gasteiger partial charge in [-0.1, -0.05) is 35.6 Å². The number of hydrogen-bond donors (Lipinski definition) is 3. The molecule has 1 aromatic carbocycles. The van der Waals surface area contributed by atoms with E-state index in [1.807, 2.05) is 24.4 Å². The van der Waals surface area contributed by atoms with Crippen molar-refractivity contribution >= 4 is 39.6 Å². The monoisotopic (exact) mass is 432 g/mol. The lowest BCUT2D eigenvalue weighted by Crippen LogP contribution is -2.34. The first-order chi connectivity index (χ1) is 15.0. The number of pyridine rings is 1. The Morgan fingerprint density at radius 2 is 2.10 bits per heavy atom. The Kier molecular flexibility index (Phi) is 4.95. The van der Waals surface area contributed by atoms with Gasteiger partial charge in [-0.2, -0.15) is 0 Å². The van der Waals surface area contributed by atoms with Crippen LogP contribution >= 0.6 is 11.3 Å². The first-order valence-corrected chi connectivity index (χ1v) is 11.2. The number of anilines is 3. The minimum absolute atomic E-state index is 0.0000256. The summed E-state index contributed by atoms with van der Waals surface area (Å²) in [6.45, 7) is 3.63. The van der Waals surface area contributed by atoms with Crippen molar-refractivity contribution in [3.05, 3.63) is 69.9 Å². The highest BCUT2D eigenvalue weighted by Gasteiger charge is 2.37. The smallest absolute Gasteiger partial charge is 0.223 e. The van der Waals surface area contributed by atoms with Crippen LogP contribution in [0.25, 0.3) is 5.70 Å². The van der Waals surface area contributed by atoms with Gasteiger partial charge in [0, 0.05) is 13.1 Å². The summed E-state index contributed by atoms with van der Waals surface area (Å²) in [5.74, 6) is 0.404. The van der Waals surface area contributed by atoms with E-state index in [0.29, 0.717) is 10.9 Å². The summed E-state index contributed by atoms with van der Waals surface area (Å²) < 4.78 is 0. The van der Waals surface area contributed by atoms with E-state index in [1.165, 1.54) is 29.4 Å². The number of thiazole rings is 1. The van der Waals surface area contributed by atoms with Crippen molar-refractivity contribution in [3.63, 3.8) is 0 Å². The third-order valence-electron chi connectivity index (χ3n) is 5.69. The molecule has 1 atom stereocenters. The SMILES string of the molecule is CC(=O)Nc1nc2c(s1)C1=C(CCC2)C(c2ccc(N)nc2)NN1c1ccccc1C. The number of hydrogen-bond acceptors (Lipinski definition) is 7. The normalized spacial score (nSPS) is 17.9. The van der Waals surface area contributed by atoms with Crippen LogP contribution in [0, 0.1) is 6.92 Å². The number of fused-ring (bicyclic) bond motifs is 2. The molecular formula is C23H24N6OS. The number of nitrogens with one attached hydrogen (secondary N) is 2. The number of nitrogens with zero attached hydrogens (tertiary/aromatic N) is 3. The second kappa shape index (κ2) is 7.79. The first-order valence-electron chi connectivity index (χ1n) is 10.4. The fraction of sp³-hybridized carbons (Fsp3) is 0.261. The van der Waals surface area contributed by atoms with Gasteiger partial charge in [-0.05, 0) is 55.0 Å². The zero-order valence-electron chi connectivity index (χ0n) is 17.5. The summed E-state index contributed by atoms with van der Waals surface area (Å²) in [5, 5.41) is 5.69. The van der Waals surface area contributed by atoms with Crippen molar-refractivity contribution in [2.45, 2.75) is 39.2 Å². The van der Waals surface area contributed by atoms with Crippen LogP contribution in [0.5, 0.6) is 0 Å². The maximum Gasteiger partial charge on any atom is 0.223 e. The molecule has 5 rings (SSSR count). The number of carbonyl (C=O) groups excluding carboxylic acids is 1. The molecule has 1 unspecified atom stereocenters. The van der Waals surface area contributed by atoms with E-state index in [4.69, 9.17) is 10.7 Å². The van der Waals surface area contributed by atoms with Crippen LogP contribution < -0.4 is 21.5 Å². The molecule has 0 spiro atoms. The molecule has 1 aliphatic heterocycles. The van der Waals surface area contributed by atoms with E-state index >= 15 is 0 Å². The molecular weight excluding hydrogens is 408 g/mol. The molecule has 1 amide bonds. The van der Waals surface area contributed by atoms with Crippen molar-refractivity contribution in [1.82, 2.24) is 15.4 Å². The Morgan fingerprint density at radius 3 is 2.84 bits per heavy atom. The Bertz CT molecular complexity index is 1180. The predicted molar refractivity (Wildman–Crippen MR) is 124 cm³/mol. The van der Waals surface area contributed by atoms with Crippen LogP contribution in [0.4, 0.5) is 16.6 Å². The predicted octanol–water partition coefficient (Wildman–Crippen LogP) is 4.20. The molecule has 1 aliphatic carbocycles. The molecule has 0 bridgehead atoms. The van der Waals surface area contributed by atoms with Crippen molar-refractivity contribution in [2.75, 3.05) is 16.1 Å². The minimum atomic E-state index is -0.107. The standard InChI is InChI=1S/C23H24N6OS/c1-13-6-3-4-9-18(13)29-21-16(20(28-29)15-10-11-19(24)25-12-15)7-5-8-17-22(21)31-23(27-17)26-14(2)30/h3-4,6,9-12,20,28H,5,7-8H2,1-2H3,(H2,24,25)(H,26,27,30). The summed E-state index contributed by atoms with van der Waals surface area (Å²) in [7, 11) is 0. The number of aromatic nitrogens is 2. The van der Waals surface area contributed by atoms with Crippen LogP contribution in [0.3, 0.4) is 0 Å². The molecule has 0 saturated carbocycles. The van der Waals surface area contributed by atoms with Gasteiger partial charge in [0.1, 0.15) is 5.82 Å². The van der Waals surface area contributed by atoms with Gasteiger partial charge in [0.05, 0.1) is 28.0 Å². The summed E-state index contributed by atoms with van der Waals surface area (Å²) in [6.07, 6.45) is 4.68. The number of rotatable bonds is 3. The number of nitrogens with two attached hydrogens (primary N) is 1. The summed E-state index contributed by atoms with van der Waals surface area (Å²) >= 11 is 1.54. The Hall–Kier alpha value is -3.23. The maximum atomic E-state index is 11.6. The first kappa shape index (κ1) is 19.7. The Labute approximate surface area is 185 Å². The molecule has 4 N–H and O–H groups in total. The van der Waals surface area contributed by atoms with E-state index in [1.54, 1.807) is 0 Å². The van der Waals surface area contributed by atoms with E-state index < -0.39 is 0 Å². The number of benzene rings is 1. The van der Waals surface area contributed by atoms with Crippen molar-refractivity contribution < 1.29 is 4.79 Å². The molecule has 8 heteroatoms. The van der Waals surface area contributed by atoms with Gasteiger partial charge in [-0.15, -0.1) is 0 Å². The summed E-state index contributed by atoms with van der Waals surface area (Å²) in [5.41, 5.74) is 16.4. The maximum absolute atomic E-state index is 11.6. The second-order valence-electron chi connectivity index (χ2n) is 7.90. The number of aryl methyl sites for hydroxylation is 2. The molecule has 0 saturated heterocycles. The number of carbonyl (C=O) groups is 1. The fourth-order valence-corrected chi connectivity index (χ4v) is 5.41. The Balaban J connectivity index is 1.68. The van der Waals surface area contributed by atoms with Gasteiger partial charge in [0.25, 0.3) is 0 Å². The summed E-state index contributed by atoms with van der Waals surface area (Å²) in [6, 6.07) is 12.2. The van der Waals surface area contributed by atoms with Gasteiger partial charge >= 0.3 is 0 Å². The third-order valence-corrected chi connectivity index (χ3v) is 6.71. The molecule has 0 radical (unpaired) electrons. The van der Waals surface area contributed by atoms with Crippen molar-refractivity contribution in [2.24, 2.45) is 0 Å². The van der Waals surface area contributed by atoms with Gasteiger partial charge in [0.2, 0.25) is 5.91 Å². The highest BCUT2D eigenvalue weighted by molar-refractivity contribution is 7.17. The van der Waals surface area contributed by atoms with Crippen LogP contribution in [0.1, 0.15) is 47.5 Å². The van der Waals surface area contributed by atoms with Crippen molar-refractivity contribution in [3.8, 4) is 0 Å². The number of hydrazine groups is 1. The Morgan fingerprint density at radius 1 is 1.26 bits per heavy atom. The van der Waals surface area contributed by atoms with Crippen LogP contribution in [-0.4, -0.2) is 15.9 Å². The molecule has 3 aromatic rings. The second-order valence-corrected chi connectivity index (χ2v) is 8.90. The van der Waals surface area contributed by atoms with Crippen molar-refractivity contribution in [1.29, 1.82) is 0 Å². The quantitative estimate of drug-likeness (QED) is 0.574. The van der Waals surface area contributed by atoms with E-state index in [-0.39, 0.29) is 11.9 Å². The minimum Gasteiger partial charge on any atom is -0.384 e. The van der Waals surface area contributed by atoms with Gasteiger partial charge in [-0.25, -0.2) is 15.4 Å². The number of amides is 1. The fourth-order valence-electron chi connectivity index (χ4n) is 4.29.